The van der Waals surface area contributed by atoms with Gasteiger partial charge in [0.05, 0.1) is 11.5 Å². The smallest absolute Gasteiger partial charge is 0.239 e. The van der Waals surface area contributed by atoms with E-state index in [2.05, 4.69) is 59.2 Å². The van der Waals surface area contributed by atoms with Crippen molar-refractivity contribution >= 4 is 22.9 Å². The van der Waals surface area contributed by atoms with E-state index in [1.165, 1.54) is 10.4 Å². The lowest BCUT2D eigenvalue weighted by Crippen LogP contribution is -2.42. The average Bonchev–Trinajstić information content (AvgIpc) is 3.39. The van der Waals surface area contributed by atoms with Gasteiger partial charge in [-0.2, -0.15) is 0 Å². The molecule has 1 amide bonds. The van der Waals surface area contributed by atoms with Crippen molar-refractivity contribution in [2.75, 3.05) is 11.9 Å². The maximum absolute atomic E-state index is 13.6. The Bertz CT molecular complexity index is 953. The molecule has 130 valence electrons. The molecule has 1 aromatic heterocycles. The standard InChI is InChI=1S/C22H20N2OS/c1-24-18-11-6-5-10-16(18)22(21(24)25)14-17(19-12-7-13-26-19)23-20(22)15-8-3-2-4-9-15/h2-13,17,20,23H,14H2,1H3/t17-,20-,22+/m1/s1. The minimum Gasteiger partial charge on any atom is -0.314 e. The first-order valence-electron chi connectivity index (χ1n) is 8.94. The Morgan fingerprint density at radius 1 is 1.04 bits per heavy atom. The predicted molar refractivity (Wildman–Crippen MR) is 106 cm³/mol. The number of nitrogens with one attached hydrogen (secondary N) is 1. The highest BCUT2D eigenvalue weighted by Crippen LogP contribution is 2.57. The zero-order valence-electron chi connectivity index (χ0n) is 14.6. The molecular weight excluding hydrogens is 340 g/mol. The first kappa shape index (κ1) is 15.8. The molecule has 2 aliphatic heterocycles. The Morgan fingerprint density at radius 3 is 2.58 bits per heavy atom. The van der Waals surface area contributed by atoms with Gasteiger partial charge >= 0.3 is 0 Å². The van der Waals surface area contributed by atoms with Gasteiger partial charge in [-0.25, -0.2) is 0 Å². The number of anilines is 1. The van der Waals surface area contributed by atoms with Crippen molar-refractivity contribution in [3.8, 4) is 0 Å². The number of hydrogen-bond donors (Lipinski definition) is 1. The van der Waals surface area contributed by atoms with Crippen molar-refractivity contribution in [1.29, 1.82) is 0 Å². The van der Waals surface area contributed by atoms with Crippen LogP contribution in [0.25, 0.3) is 0 Å². The number of amides is 1. The van der Waals surface area contributed by atoms with Crippen LogP contribution in [-0.2, 0) is 10.2 Å². The number of likely N-dealkylation sites (N-methyl/N-ethyl adjacent to an activating group) is 1. The molecule has 3 atom stereocenters. The Hall–Kier alpha value is -2.43. The summed E-state index contributed by atoms with van der Waals surface area (Å²) in [5.74, 6) is 0.194. The van der Waals surface area contributed by atoms with Crippen LogP contribution in [0.1, 0.15) is 34.5 Å². The van der Waals surface area contributed by atoms with E-state index >= 15 is 0 Å². The molecule has 3 heterocycles. The van der Waals surface area contributed by atoms with Gasteiger partial charge in [0.1, 0.15) is 0 Å². The van der Waals surface area contributed by atoms with Gasteiger partial charge in [0.25, 0.3) is 0 Å². The molecule has 26 heavy (non-hydrogen) atoms. The summed E-state index contributed by atoms with van der Waals surface area (Å²) in [6.07, 6.45) is 0.785. The second-order valence-corrected chi connectivity index (χ2v) is 8.11. The highest BCUT2D eigenvalue weighted by molar-refractivity contribution is 7.10. The minimum atomic E-state index is -0.554. The minimum absolute atomic E-state index is 0.0330. The first-order valence-corrected chi connectivity index (χ1v) is 9.82. The molecule has 4 heteroatoms. The summed E-state index contributed by atoms with van der Waals surface area (Å²) in [4.78, 5) is 16.7. The number of benzene rings is 2. The van der Waals surface area contributed by atoms with Crippen LogP contribution in [0.3, 0.4) is 0 Å². The predicted octanol–water partition coefficient (Wildman–Crippen LogP) is 4.44. The summed E-state index contributed by atoms with van der Waals surface area (Å²) < 4.78 is 0. The molecule has 0 saturated carbocycles. The van der Waals surface area contributed by atoms with Crippen molar-refractivity contribution in [2.24, 2.45) is 0 Å². The van der Waals surface area contributed by atoms with Gasteiger partial charge < -0.3 is 10.2 Å². The lowest BCUT2D eigenvalue weighted by atomic mass is 9.72. The Labute approximate surface area is 157 Å². The summed E-state index contributed by atoms with van der Waals surface area (Å²) in [6, 6.07) is 23.0. The highest BCUT2D eigenvalue weighted by Gasteiger charge is 2.59. The van der Waals surface area contributed by atoms with Crippen LogP contribution in [0.4, 0.5) is 5.69 Å². The quantitative estimate of drug-likeness (QED) is 0.733. The fraction of sp³-hybridized carbons (Fsp3) is 0.227. The number of carbonyl (C=O) groups excluding carboxylic acids is 1. The molecule has 0 unspecified atom stereocenters. The van der Waals surface area contributed by atoms with Crippen molar-refractivity contribution in [1.82, 2.24) is 5.32 Å². The third kappa shape index (κ3) is 2.06. The monoisotopic (exact) mass is 360 g/mol. The molecule has 0 radical (unpaired) electrons. The van der Waals surface area contributed by atoms with Crippen LogP contribution < -0.4 is 10.2 Å². The molecule has 3 nitrogen and oxygen atoms in total. The topological polar surface area (TPSA) is 32.3 Å². The van der Waals surface area contributed by atoms with Crippen molar-refractivity contribution in [3.05, 3.63) is 88.1 Å². The van der Waals surface area contributed by atoms with Crippen molar-refractivity contribution < 1.29 is 4.79 Å². The molecule has 1 N–H and O–H groups in total. The fourth-order valence-corrected chi connectivity index (χ4v) is 5.47. The molecule has 2 aromatic carbocycles. The summed E-state index contributed by atoms with van der Waals surface area (Å²) in [6.45, 7) is 0. The van der Waals surface area contributed by atoms with Crippen molar-refractivity contribution in [3.63, 3.8) is 0 Å². The molecule has 0 aliphatic carbocycles. The van der Waals surface area contributed by atoms with E-state index in [4.69, 9.17) is 0 Å². The number of nitrogens with zero attached hydrogens (tertiary/aromatic N) is 1. The number of fused-ring (bicyclic) bond motifs is 2. The number of rotatable bonds is 2. The number of hydrogen-bond acceptors (Lipinski definition) is 3. The number of carbonyl (C=O) groups is 1. The van der Waals surface area contributed by atoms with Crippen LogP contribution in [-0.4, -0.2) is 13.0 Å². The third-order valence-electron chi connectivity index (χ3n) is 5.84. The summed E-state index contributed by atoms with van der Waals surface area (Å²) in [7, 11) is 1.90. The van der Waals surface area contributed by atoms with E-state index in [1.54, 1.807) is 11.3 Å². The van der Waals surface area contributed by atoms with Gasteiger partial charge in [-0.15, -0.1) is 11.3 Å². The lowest BCUT2D eigenvalue weighted by Gasteiger charge is -2.30. The number of para-hydroxylation sites is 1. The highest BCUT2D eigenvalue weighted by atomic mass is 32.1. The van der Waals surface area contributed by atoms with Crippen LogP contribution in [0.5, 0.6) is 0 Å². The van der Waals surface area contributed by atoms with Crippen LogP contribution in [0.2, 0.25) is 0 Å². The van der Waals surface area contributed by atoms with Gasteiger partial charge in [-0.05, 0) is 35.1 Å². The molecule has 5 rings (SSSR count). The Morgan fingerprint density at radius 2 is 1.81 bits per heavy atom. The van der Waals surface area contributed by atoms with Crippen LogP contribution in [0.15, 0.2) is 72.1 Å². The van der Waals surface area contributed by atoms with E-state index in [0.29, 0.717) is 0 Å². The van der Waals surface area contributed by atoms with E-state index in [1.807, 2.05) is 30.1 Å². The SMILES string of the molecule is CN1C(=O)[C@@]2(C[C@H](c3cccs3)N[C@@H]2c2ccccc2)c2ccccc21. The lowest BCUT2D eigenvalue weighted by molar-refractivity contribution is -0.123. The van der Waals surface area contributed by atoms with Gasteiger partial charge in [0.2, 0.25) is 5.91 Å². The van der Waals surface area contributed by atoms with E-state index < -0.39 is 5.41 Å². The molecule has 1 saturated heterocycles. The average molecular weight is 360 g/mol. The summed E-state index contributed by atoms with van der Waals surface area (Å²) >= 11 is 1.76. The van der Waals surface area contributed by atoms with Crippen LogP contribution >= 0.6 is 11.3 Å². The Kier molecular flexibility index (Phi) is 3.52. The molecule has 1 spiro atoms. The summed E-state index contributed by atoms with van der Waals surface area (Å²) in [5.41, 5.74) is 2.80. The molecule has 1 fully saturated rings. The largest absolute Gasteiger partial charge is 0.314 e. The van der Waals surface area contributed by atoms with E-state index in [-0.39, 0.29) is 18.0 Å². The molecule has 0 bridgehead atoms. The zero-order chi connectivity index (χ0) is 17.7. The van der Waals surface area contributed by atoms with Crippen molar-refractivity contribution in [2.45, 2.75) is 23.9 Å². The number of thiophene rings is 1. The fourth-order valence-electron chi connectivity index (χ4n) is 4.68. The normalized spacial score (nSPS) is 27.3. The molecule has 2 aliphatic rings. The first-order chi connectivity index (χ1) is 12.7. The van der Waals surface area contributed by atoms with Crippen LogP contribution in [0, 0.1) is 0 Å². The van der Waals surface area contributed by atoms with Gasteiger partial charge in [-0.1, -0.05) is 54.6 Å². The van der Waals surface area contributed by atoms with E-state index in [0.717, 1.165) is 17.7 Å². The maximum atomic E-state index is 13.6. The maximum Gasteiger partial charge on any atom is 0.239 e. The van der Waals surface area contributed by atoms with Gasteiger partial charge in [-0.3, -0.25) is 4.79 Å². The molecule has 3 aromatic rings. The zero-order valence-corrected chi connectivity index (χ0v) is 15.4. The second-order valence-electron chi connectivity index (χ2n) is 7.14. The van der Waals surface area contributed by atoms with Gasteiger partial charge in [0, 0.05) is 23.7 Å². The third-order valence-corrected chi connectivity index (χ3v) is 6.82. The van der Waals surface area contributed by atoms with Gasteiger partial charge in [0.15, 0.2) is 0 Å². The van der Waals surface area contributed by atoms with E-state index in [9.17, 15) is 4.79 Å². The second kappa shape index (κ2) is 5.79. The molecular formula is C22H20N2OS. The Balaban J connectivity index is 1.71. The summed E-state index contributed by atoms with van der Waals surface area (Å²) in [5, 5.41) is 5.90.